The zero-order chi connectivity index (χ0) is 13.8. The van der Waals surface area contributed by atoms with E-state index in [9.17, 15) is 9.59 Å². The van der Waals surface area contributed by atoms with Crippen molar-refractivity contribution >= 4 is 12.1 Å². The highest BCUT2D eigenvalue weighted by Crippen LogP contribution is 2.27. The number of hydrogen-bond acceptors (Lipinski definition) is 5. The van der Waals surface area contributed by atoms with Crippen molar-refractivity contribution in [2.45, 2.75) is 12.3 Å². The molecule has 8 nitrogen and oxygen atoms in total. The Bertz CT molecular complexity index is 499. The Morgan fingerprint density at radius 3 is 3.05 bits per heavy atom. The van der Waals surface area contributed by atoms with Crippen LogP contribution in [-0.2, 0) is 4.74 Å². The lowest BCUT2D eigenvalue weighted by molar-refractivity contribution is 0.0688. The molecule has 0 bridgehead atoms. The molecule has 102 valence electrons. The summed E-state index contributed by atoms with van der Waals surface area (Å²) in [5.41, 5.74) is 0.290. The van der Waals surface area contributed by atoms with E-state index in [1.54, 1.807) is 0 Å². The summed E-state index contributed by atoms with van der Waals surface area (Å²) in [5.74, 6) is -1.27. The smallest absolute Gasteiger partial charge is 0.410 e. The second kappa shape index (κ2) is 5.51. The maximum Gasteiger partial charge on any atom is 0.410 e. The standard InChI is InChI=1S/C11H14N4O4/c1-2-5-19-11(18)15-4-3-7(6-15)8-9(10(16)17)13-14-12-8/h2,7H,1,3-6H2,(H,16,17)(H,12,13,14). The Morgan fingerprint density at radius 1 is 1.58 bits per heavy atom. The Morgan fingerprint density at radius 2 is 2.37 bits per heavy atom. The molecule has 8 heteroatoms. The lowest BCUT2D eigenvalue weighted by Gasteiger charge is -2.15. The average Bonchev–Trinajstić information content (AvgIpc) is 3.02. The SMILES string of the molecule is C=CCOC(=O)N1CCC(c2n[nH]nc2C(=O)O)C1. The van der Waals surface area contributed by atoms with Crippen LogP contribution in [0.25, 0.3) is 0 Å². The van der Waals surface area contributed by atoms with Gasteiger partial charge in [-0.05, 0) is 6.42 Å². The van der Waals surface area contributed by atoms with E-state index in [4.69, 9.17) is 9.84 Å². The molecule has 2 heterocycles. The second-order valence-electron chi connectivity index (χ2n) is 4.16. The monoisotopic (exact) mass is 266 g/mol. The highest BCUT2D eigenvalue weighted by atomic mass is 16.6. The number of carboxylic acids is 1. The van der Waals surface area contributed by atoms with E-state index in [1.807, 2.05) is 0 Å². The largest absolute Gasteiger partial charge is 0.476 e. The molecule has 0 spiro atoms. The van der Waals surface area contributed by atoms with Crippen molar-refractivity contribution < 1.29 is 19.4 Å². The summed E-state index contributed by atoms with van der Waals surface area (Å²) in [5, 5.41) is 18.7. The predicted octanol–water partition coefficient (Wildman–Crippen LogP) is 0.615. The summed E-state index contributed by atoms with van der Waals surface area (Å²) < 4.78 is 4.93. The van der Waals surface area contributed by atoms with Crippen LogP contribution in [0.1, 0.15) is 28.5 Å². The Balaban J connectivity index is 2.01. The number of aromatic carboxylic acids is 1. The lowest BCUT2D eigenvalue weighted by atomic mass is 10.0. The molecule has 1 atom stereocenters. The summed E-state index contributed by atoms with van der Waals surface area (Å²) in [6.45, 7) is 4.50. The molecule has 0 radical (unpaired) electrons. The molecule has 1 amide bonds. The van der Waals surface area contributed by atoms with Gasteiger partial charge in [0.25, 0.3) is 0 Å². The molecule has 1 fully saturated rings. The molecular weight excluding hydrogens is 252 g/mol. The number of aromatic nitrogens is 3. The van der Waals surface area contributed by atoms with Gasteiger partial charge in [0, 0.05) is 19.0 Å². The van der Waals surface area contributed by atoms with E-state index in [1.165, 1.54) is 11.0 Å². The van der Waals surface area contributed by atoms with Crippen LogP contribution in [0.15, 0.2) is 12.7 Å². The fraction of sp³-hybridized carbons (Fsp3) is 0.455. The van der Waals surface area contributed by atoms with Gasteiger partial charge in [-0.1, -0.05) is 12.7 Å². The molecule has 2 N–H and O–H groups in total. The van der Waals surface area contributed by atoms with Crippen LogP contribution < -0.4 is 0 Å². The third-order valence-corrected chi connectivity index (χ3v) is 2.94. The van der Waals surface area contributed by atoms with Crippen molar-refractivity contribution in [2.24, 2.45) is 0 Å². The molecule has 1 aromatic heterocycles. The van der Waals surface area contributed by atoms with Gasteiger partial charge < -0.3 is 14.7 Å². The van der Waals surface area contributed by atoms with E-state index in [0.29, 0.717) is 25.2 Å². The van der Waals surface area contributed by atoms with Crippen LogP contribution in [0, 0.1) is 0 Å². The normalized spacial score (nSPS) is 18.3. The maximum atomic E-state index is 11.6. The zero-order valence-corrected chi connectivity index (χ0v) is 10.2. The molecule has 1 aliphatic rings. The number of carbonyl (C=O) groups is 2. The molecule has 19 heavy (non-hydrogen) atoms. The predicted molar refractivity (Wildman–Crippen MR) is 63.8 cm³/mol. The van der Waals surface area contributed by atoms with E-state index >= 15 is 0 Å². The number of nitrogens with one attached hydrogen (secondary N) is 1. The van der Waals surface area contributed by atoms with Gasteiger partial charge >= 0.3 is 12.1 Å². The van der Waals surface area contributed by atoms with Crippen LogP contribution >= 0.6 is 0 Å². The Hall–Kier alpha value is -2.38. The summed E-state index contributed by atoms with van der Waals surface area (Å²) in [4.78, 5) is 24.1. The van der Waals surface area contributed by atoms with Crippen molar-refractivity contribution in [1.29, 1.82) is 0 Å². The van der Waals surface area contributed by atoms with Gasteiger partial charge in [0.15, 0.2) is 5.69 Å². The minimum absolute atomic E-state index is 0.0914. The van der Waals surface area contributed by atoms with Gasteiger partial charge in [-0.2, -0.15) is 10.3 Å². The molecule has 1 unspecified atom stereocenters. The zero-order valence-electron chi connectivity index (χ0n) is 10.2. The number of aromatic amines is 1. The third-order valence-electron chi connectivity index (χ3n) is 2.94. The number of nitrogens with zero attached hydrogens (tertiary/aromatic N) is 3. The van der Waals surface area contributed by atoms with E-state index in [2.05, 4.69) is 22.0 Å². The quantitative estimate of drug-likeness (QED) is 0.773. The van der Waals surface area contributed by atoms with Crippen LogP contribution in [0.3, 0.4) is 0 Å². The van der Waals surface area contributed by atoms with Crippen molar-refractivity contribution in [2.75, 3.05) is 19.7 Å². The number of ether oxygens (including phenoxy) is 1. The first-order chi connectivity index (χ1) is 9.13. The van der Waals surface area contributed by atoms with Gasteiger partial charge in [-0.3, -0.25) is 0 Å². The first-order valence-corrected chi connectivity index (χ1v) is 5.80. The van der Waals surface area contributed by atoms with Crippen molar-refractivity contribution in [1.82, 2.24) is 20.3 Å². The number of likely N-dealkylation sites (tertiary alicyclic amines) is 1. The van der Waals surface area contributed by atoms with E-state index in [-0.39, 0.29) is 18.2 Å². The second-order valence-corrected chi connectivity index (χ2v) is 4.16. The maximum absolute atomic E-state index is 11.6. The first-order valence-electron chi connectivity index (χ1n) is 5.80. The van der Waals surface area contributed by atoms with E-state index in [0.717, 1.165) is 0 Å². The van der Waals surface area contributed by atoms with Crippen LogP contribution in [0.4, 0.5) is 4.79 Å². The van der Waals surface area contributed by atoms with Gasteiger partial charge in [0.2, 0.25) is 0 Å². The van der Waals surface area contributed by atoms with Crippen LogP contribution in [0.2, 0.25) is 0 Å². The van der Waals surface area contributed by atoms with E-state index < -0.39 is 12.1 Å². The molecule has 1 saturated heterocycles. The first kappa shape index (κ1) is 13.1. The van der Waals surface area contributed by atoms with Crippen molar-refractivity contribution in [3.05, 3.63) is 24.0 Å². The van der Waals surface area contributed by atoms with Gasteiger partial charge in [-0.25, -0.2) is 9.59 Å². The number of amides is 1. The van der Waals surface area contributed by atoms with Gasteiger partial charge in [-0.15, -0.1) is 5.10 Å². The van der Waals surface area contributed by atoms with Gasteiger partial charge in [0.05, 0.1) is 0 Å². The highest BCUT2D eigenvalue weighted by Gasteiger charge is 2.33. The number of rotatable bonds is 4. The minimum atomic E-state index is -1.13. The summed E-state index contributed by atoms with van der Waals surface area (Å²) in [7, 11) is 0. The van der Waals surface area contributed by atoms with Crippen LogP contribution in [-0.4, -0.2) is 57.2 Å². The number of H-pyrrole nitrogens is 1. The summed E-state index contributed by atoms with van der Waals surface area (Å²) in [6.07, 6.45) is 1.70. The van der Waals surface area contributed by atoms with Crippen molar-refractivity contribution in [3.8, 4) is 0 Å². The lowest BCUT2D eigenvalue weighted by Crippen LogP contribution is -2.29. The minimum Gasteiger partial charge on any atom is -0.476 e. The molecule has 2 rings (SSSR count). The third kappa shape index (κ3) is 2.72. The molecule has 0 aliphatic carbocycles. The van der Waals surface area contributed by atoms with Gasteiger partial charge in [0.1, 0.15) is 12.3 Å². The van der Waals surface area contributed by atoms with Crippen molar-refractivity contribution in [3.63, 3.8) is 0 Å². The number of hydrogen-bond donors (Lipinski definition) is 2. The molecular formula is C11H14N4O4. The summed E-state index contributed by atoms with van der Waals surface area (Å²) in [6, 6.07) is 0. The number of carboxylic acid groups (broad SMARTS) is 1. The topological polar surface area (TPSA) is 108 Å². The fourth-order valence-corrected chi connectivity index (χ4v) is 2.05. The Kier molecular flexibility index (Phi) is 3.79. The Labute approximate surface area is 109 Å². The van der Waals surface area contributed by atoms with Crippen LogP contribution in [0.5, 0.6) is 0 Å². The molecule has 1 aromatic rings. The molecule has 0 aromatic carbocycles. The highest BCUT2D eigenvalue weighted by molar-refractivity contribution is 5.86. The average molecular weight is 266 g/mol. The number of carbonyl (C=O) groups excluding carboxylic acids is 1. The summed E-state index contributed by atoms with van der Waals surface area (Å²) >= 11 is 0. The fourth-order valence-electron chi connectivity index (χ4n) is 2.05. The molecule has 1 aliphatic heterocycles. The molecule has 0 saturated carbocycles.